The first-order valence-corrected chi connectivity index (χ1v) is 4.70. The third-order valence-electron chi connectivity index (χ3n) is 1.26. The summed E-state index contributed by atoms with van der Waals surface area (Å²) in [5.41, 5.74) is 4.84. The van der Waals surface area contributed by atoms with Crippen molar-refractivity contribution in [2.45, 2.75) is 13.8 Å². The van der Waals surface area contributed by atoms with Gasteiger partial charge in [0, 0.05) is 10.5 Å². The van der Waals surface area contributed by atoms with Crippen molar-refractivity contribution in [2.24, 2.45) is 0 Å². The molecule has 0 spiro atoms. The van der Waals surface area contributed by atoms with Gasteiger partial charge in [0.05, 0.1) is 10.6 Å². The second-order valence-corrected chi connectivity index (χ2v) is 2.94. The summed E-state index contributed by atoms with van der Waals surface area (Å²) in [5, 5.41) is 10.2. The van der Waals surface area contributed by atoms with Gasteiger partial charge in [0.25, 0.3) is 0 Å². The first kappa shape index (κ1) is 12.8. The number of rotatable bonds is 1. The number of nitrogens with two attached hydrogens (primary N) is 1. The Morgan fingerprint density at radius 3 is 2.43 bits per heavy atom. The van der Waals surface area contributed by atoms with E-state index in [1.54, 1.807) is 0 Å². The summed E-state index contributed by atoms with van der Waals surface area (Å²) in [5.74, 6) is -0.902. The summed E-state index contributed by atoms with van der Waals surface area (Å²) in [6.07, 6.45) is 0. The van der Waals surface area contributed by atoms with Crippen LogP contribution in [-0.4, -0.2) is 4.92 Å². The molecule has 78 valence electrons. The summed E-state index contributed by atoms with van der Waals surface area (Å²) >= 11 is 2.94. The third kappa shape index (κ3) is 2.95. The molecular weight excluding hydrogens is 255 g/mol. The van der Waals surface area contributed by atoms with E-state index < -0.39 is 16.4 Å². The molecule has 0 aliphatic heterocycles. The zero-order chi connectivity index (χ0) is 11.3. The van der Waals surface area contributed by atoms with Crippen LogP contribution in [0.2, 0.25) is 0 Å². The minimum Gasteiger partial charge on any atom is -0.398 e. The van der Waals surface area contributed by atoms with Gasteiger partial charge in [0.1, 0.15) is 0 Å². The maximum absolute atomic E-state index is 12.8. The Balaban J connectivity index is 0.000000791. The molecule has 0 heterocycles. The number of benzene rings is 1. The Morgan fingerprint density at radius 1 is 1.50 bits per heavy atom. The molecule has 0 amide bonds. The van der Waals surface area contributed by atoms with E-state index >= 15 is 0 Å². The number of nitrogens with zero attached hydrogens (tertiary/aromatic N) is 1. The molecule has 1 aromatic rings. The SMILES string of the molecule is CC.Nc1cc([N+](=O)[O-])c(F)cc1Br. The van der Waals surface area contributed by atoms with E-state index in [0.717, 1.165) is 12.1 Å². The van der Waals surface area contributed by atoms with Crippen LogP contribution < -0.4 is 5.73 Å². The Bertz CT molecular complexity index is 344. The van der Waals surface area contributed by atoms with Crippen LogP contribution in [0.15, 0.2) is 16.6 Å². The van der Waals surface area contributed by atoms with Crippen LogP contribution in [0.5, 0.6) is 0 Å². The van der Waals surface area contributed by atoms with Gasteiger partial charge >= 0.3 is 5.69 Å². The number of hydrogen-bond acceptors (Lipinski definition) is 3. The Kier molecular flexibility index (Phi) is 5.07. The Morgan fingerprint density at radius 2 is 2.00 bits per heavy atom. The van der Waals surface area contributed by atoms with Gasteiger partial charge in [0.15, 0.2) is 0 Å². The van der Waals surface area contributed by atoms with Crippen molar-refractivity contribution >= 4 is 27.3 Å². The van der Waals surface area contributed by atoms with Gasteiger partial charge in [-0.1, -0.05) is 13.8 Å². The molecule has 4 nitrogen and oxygen atoms in total. The first-order valence-electron chi connectivity index (χ1n) is 3.91. The fourth-order valence-electron chi connectivity index (χ4n) is 0.694. The molecule has 0 radical (unpaired) electrons. The van der Waals surface area contributed by atoms with E-state index in [4.69, 9.17) is 5.73 Å². The van der Waals surface area contributed by atoms with Crippen LogP contribution >= 0.6 is 15.9 Å². The lowest BCUT2D eigenvalue weighted by molar-refractivity contribution is -0.387. The highest BCUT2D eigenvalue weighted by Gasteiger charge is 2.15. The number of anilines is 1. The van der Waals surface area contributed by atoms with Crippen LogP contribution in [0.3, 0.4) is 0 Å². The monoisotopic (exact) mass is 264 g/mol. The molecule has 0 aromatic heterocycles. The molecule has 0 fully saturated rings. The van der Waals surface area contributed by atoms with Crippen molar-refractivity contribution in [3.05, 3.63) is 32.5 Å². The molecule has 1 aromatic carbocycles. The molecule has 0 saturated heterocycles. The number of halogens is 2. The molecule has 1 rings (SSSR count). The molecule has 0 atom stereocenters. The number of nitro groups is 1. The van der Waals surface area contributed by atoms with Crippen LogP contribution in [0.1, 0.15) is 13.8 Å². The molecule has 0 saturated carbocycles. The quantitative estimate of drug-likeness (QED) is 0.482. The smallest absolute Gasteiger partial charge is 0.306 e. The molecule has 2 N–H and O–H groups in total. The predicted molar refractivity (Wildman–Crippen MR) is 56.5 cm³/mol. The van der Waals surface area contributed by atoms with E-state index in [2.05, 4.69) is 15.9 Å². The average Bonchev–Trinajstić information content (AvgIpc) is 2.14. The van der Waals surface area contributed by atoms with Crippen molar-refractivity contribution in [1.29, 1.82) is 0 Å². The zero-order valence-corrected chi connectivity index (χ0v) is 9.34. The van der Waals surface area contributed by atoms with E-state index in [1.807, 2.05) is 13.8 Å². The molecule has 0 unspecified atom stereocenters. The van der Waals surface area contributed by atoms with Crippen LogP contribution in [0.4, 0.5) is 15.8 Å². The highest BCUT2D eigenvalue weighted by atomic mass is 79.9. The Labute approximate surface area is 89.2 Å². The molecule has 0 bridgehead atoms. The van der Waals surface area contributed by atoms with Crippen molar-refractivity contribution in [3.8, 4) is 0 Å². The van der Waals surface area contributed by atoms with Gasteiger partial charge in [-0.05, 0) is 22.0 Å². The van der Waals surface area contributed by atoms with E-state index in [9.17, 15) is 14.5 Å². The van der Waals surface area contributed by atoms with Gasteiger partial charge in [0.2, 0.25) is 5.82 Å². The molecule has 14 heavy (non-hydrogen) atoms. The summed E-state index contributed by atoms with van der Waals surface area (Å²) in [6.45, 7) is 4.00. The fourth-order valence-corrected chi connectivity index (χ4v) is 1.01. The second-order valence-electron chi connectivity index (χ2n) is 2.08. The maximum Gasteiger partial charge on any atom is 0.306 e. The van der Waals surface area contributed by atoms with Gasteiger partial charge in [-0.2, -0.15) is 4.39 Å². The average molecular weight is 265 g/mol. The highest BCUT2D eigenvalue weighted by Crippen LogP contribution is 2.27. The van der Waals surface area contributed by atoms with Crippen molar-refractivity contribution in [2.75, 3.05) is 5.73 Å². The molecular formula is C8H10BrFN2O2. The van der Waals surface area contributed by atoms with Gasteiger partial charge in [-0.25, -0.2) is 0 Å². The summed E-state index contributed by atoms with van der Waals surface area (Å²) < 4.78 is 13.1. The lowest BCUT2D eigenvalue weighted by Gasteiger charge is -1.98. The highest BCUT2D eigenvalue weighted by molar-refractivity contribution is 9.10. The van der Waals surface area contributed by atoms with E-state index in [-0.39, 0.29) is 5.69 Å². The fraction of sp³-hybridized carbons (Fsp3) is 0.250. The minimum absolute atomic E-state index is 0.142. The van der Waals surface area contributed by atoms with Crippen molar-refractivity contribution < 1.29 is 9.31 Å². The van der Waals surface area contributed by atoms with Gasteiger partial charge in [-0.15, -0.1) is 0 Å². The van der Waals surface area contributed by atoms with Crippen LogP contribution in [0, 0.1) is 15.9 Å². The number of nitro benzene ring substituents is 1. The molecule has 6 heteroatoms. The Hall–Kier alpha value is -1.17. The lowest BCUT2D eigenvalue weighted by atomic mass is 10.3. The van der Waals surface area contributed by atoms with Crippen molar-refractivity contribution in [1.82, 2.24) is 0 Å². The first-order chi connectivity index (χ1) is 6.52. The summed E-state index contributed by atoms with van der Waals surface area (Å²) in [6, 6.07) is 1.94. The van der Waals surface area contributed by atoms with Gasteiger partial charge in [-0.3, -0.25) is 10.1 Å². The largest absolute Gasteiger partial charge is 0.398 e. The predicted octanol–water partition coefficient (Wildman–Crippen LogP) is 3.10. The number of hydrogen-bond donors (Lipinski definition) is 1. The summed E-state index contributed by atoms with van der Waals surface area (Å²) in [4.78, 5) is 9.36. The normalized spacial score (nSPS) is 8.86. The second kappa shape index (κ2) is 5.54. The topological polar surface area (TPSA) is 69.2 Å². The van der Waals surface area contributed by atoms with Crippen LogP contribution in [-0.2, 0) is 0 Å². The van der Waals surface area contributed by atoms with E-state index in [0.29, 0.717) is 4.47 Å². The zero-order valence-electron chi connectivity index (χ0n) is 7.75. The number of nitrogen functional groups attached to an aromatic ring is 1. The van der Waals surface area contributed by atoms with Gasteiger partial charge < -0.3 is 5.73 Å². The standard InChI is InChI=1S/C6H4BrFN2O2.C2H6/c7-3-1-4(8)6(10(11)12)2-5(3)9;1-2/h1-2H,9H2;1-2H3. The molecule has 0 aliphatic carbocycles. The van der Waals surface area contributed by atoms with Crippen LogP contribution in [0.25, 0.3) is 0 Å². The van der Waals surface area contributed by atoms with E-state index in [1.165, 1.54) is 0 Å². The maximum atomic E-state index is 12.8. The third-order valence-corrected chi connectivity index (χ3v) is 1.95. The van der Waals surface area contributed by atoms with Crippen molar-refractivity contribution in [3.63, 3.8) is 0 Å². The lowest BCUT2D eigenvalue weighted by Crippen LogP contribution is -1.95. The molecule has 0 aliphatic rings. The summed E-state index contributed by atoms with van der Waals surface area (Å²) in [7, 11) is 0. The minimum atomic E-state index is -0.902.